The summed E-state index contributed by atoms with van der Waals surface area (Å²) in [5.74, 6) is -0.508. The Morgan fingerprint density at radius 1 is 1.19 bits per heavy atom. The molecule has 1 atom stereocenters. The van der Waals surface area contributed by atoms with Crippen LogP contribution < -0.4 is 14.8 Å². The number of benzene rings is 2. The quantitative estimate of drug-likeness (QED) is 0.674. The van der Waals surface area contributed by atoms with Crippen LogP contribution in [0.1, 0.15) is 18.1 Å². The van der Waals surface area contributed by atoms with E-state index in [0.717, 1.165) is 5.56 Å². The third kappa shape index (κ3) is 6.34. The van der Waals surface area contributed by atoms with E-state index in [1.807, 2.05) is 12.1 Å². The van der Waals surface area contributed by atoms with Crippen LogP contribution in [0.2, 0.25) is 5.02 Å². The number of hydrogen-bond donors (Lipinski definition) is 2. The van der Waals surface area contributed by atoms with Crippen LogP contribution in [0.4, 0.5) is 0 Å². The van der Waals surface area contributed by atoms with E-state index in [0.29, 0.717) is 28.7 Å². The minimum Gasteiger partial charge on any atom is -0.493 e. The Balaban J connectivity index is 2.02. The van der Waals surface area contributed by atoms with E-state index < -0.39 is 17.9 Å². The van der Waals surface area contributed by atoms with Crippen molar-refractivity contribution in [1.29, 1.82) is 0 Å². The summed E-state index contributed by atoms with van der Waals surface area (Å²) in [6.45, 7) is 1.75. The normalized spacial score (nSPS) is 11.8. The van der Waals surface area contributed by atoms with E-state index in [9.17, 15) is 9.59 Å². The molecule has 0 saturated carbocycles. The van der Waals surface area contributed by atoms with Gasteiger partial charge in [-0.15, -0.1) is 0 Å². The van der Waals surface area contributed by atoms with Crippen molar-refractivity contribution in [1.82, 2.24) is 5.32 Å². The highest BCUT2D eigenvalue weighted by Crippen LogP contribution is 2.29. The predicted molar refractivity (Wildman–Crippen MR) is 103 cm³/mol. The molecule has 27 heavy (non-hydrogen) atoms. The smallest absolute Gasteiger partial charge is 0.325 e. The van der Waals surface area contributed by atoms with Crippen LogP contribution in [-0.4, -0.2) is 30.1 Å². The summed E-state index contributed by atoms with van der Waals surface area (Å²) in [6.07, 6.45) is 2.83. The Morgan fingerprint density at radius 3 is 2.52 bits per heavy atom. The summed E-state index contributed by atoms with van der Waals surface area (Å²) >= 11 is 5.86. The van der Waals surface area contributed by atoms with Crippen molar-refractivity contribution in [2.45, 2.75) is 19.6 Å². The lowest BCUT2D eigenvalue weighted by molar-refractivity contribution is -0.140. The van der Waals surface area contributed by atoms with Gasteiger partial charge in [0.1, 0.15) is 12.6 Å². The number of ether oxygens (including phenoxy) is 2. The Hall–Kier alpha value is -2.99. The first-order chi connectivity index (χ1) is 12.9. The van der Waals surface area contributed by atoms with Gasteiger partial charge < -0.3 is 19.9 Å². The molecular formula is C20H20ClNO5. The van der Waals surface area contributed by atoms with Gasteiger partial charge in [0.15, 0.2) is 11.5 Å². The van der Waals surface area contributed by atoms with Gasteiger partial charge in [0, 0.05) is 11.1 Å². The molecule has 0 heterocycles. The molecule has 2 rings (SSSR count). The van der Waals surface area contributed by atoms with E-state index in [1.165, 1.54) is 20.1 Å². The van der Waals surface area contributed by atoms with Crippen LogP contribution in [0, 0.1) is 0 Å². The third-order valence-corrected chi connectivity index (χ3v) is 3.90. The molecule has 2 aromatic rings. The first kappa shape index (κ1) is 20.3. The van der Waals surface area contributed by atoms with E-state index in [4.69, 9.17) is 26.2 Å². The summed E-state index contributed by atoms with van der Waals surface area (Å²) < 4.78 is 11.1. The number of hydrogen-bond acceptors (Lipinski definition) is 4. The van der Waals surface area contributed by atoms with Crippen molar-refractivity contribution in [3.8, 4) is 11.5 Å². The van der Waals surface area contributed by atoms with Gasteiger partial charge in [-0.1, -0.05) is 29.8 Å². The maximum absolute atomic E-state index is 11.7. The zero-order chi connectivity index (χ0) is 19.8. The van der Waals surface area contributed by atoms with Gasteiger partial charge in [-0.25, -0.2) is 0 Å². The standard InChI is InChI=1S/C20H20ClNO5/c1-13(20(24)25)22-19(23)10-6-14-5-9-17(18(11-14)26-2)27-12-15-3-7-16(21)8-4-15/h3-11,13H,12H2,1-2H3,(H,22,23)(H,24,25)/b10-6+/t13-/m1/s1. The third-order valence-electron chi connectivity index (χ3n) is 3.65. The molecule has 142 valence electrons. The summed E-state index contributed by atoms with van der Waals surface area (Å²) in [4.78, 5) is 22.4. The largest absolute Gasteiger partial charge is 0.493 e. The summed E-state index contributed by atoms with van der Waals surface area (Å²) in [6, 6.07) is 11.6. The number of carboxylic acid groups (broad SMARTS) is 1. The van der Waals surface area contributed by atoms with Crippen LogP contribution in [0.15, 0.2) is 48.5 Å². The Morgan fingerprint density at radius 2 is 1.89 bits per heavy atom. The zero-order valence-corrected chi connectivity index (χ0v) is 15.7. The van der Waals surface area contributed by atoms with Crippen LogP contribution in [0.3, 0.4) is 0 Å². The van der Waals surface area contributed by atoms with Crippen molar-refractivity contribution in [3.63, 3.8) is 0 Å². The fraction of sp³-hybridized carbons (Fsp3) is 0.200. The van der Waals surface area contributed by atoms with Gasteiger partial charge in [0.25, 0.3) is 0 Å². The highest BCUT2D eigenvalue weighted by atomic mass is 35.5. The van der Waals surface area contributed by atoms with E-state index in [1.54, 1.807) is 36.4 Å². The van der Waals surface area contributed by atoms with Gasteiger partial charge in [0.2, 0.25) is 5.91 Å². The molecule has 0 aliphatic heterocycles. The zero-order valence-electron chi connectivity index (χ0n) is 14.9. The second-order valence-corrected chi connectivity index (χ2v) is 6.16. The molecule has 0 spiro atoms. The molecule has 0 bridgehead atoms. The minimum atomic E-state index is -1.10. The van der Waals surface area contributed by atoms with Crippen molar-refractivity contribution in [3.05, 3.63) is 64.7 Å². The molecule has 6 nitrogen and oxygen atoms in total. The number of amides is 1. The van der Waals surface area contributed by atoms with Gasteiger partial charge >= 0.3 is 5.97 Å². The molecule has 2 N–H and O–H groups in total. The molecule has 0 aliphatic carbocycles. The molecule has 7 heteroatoms. The van der Waals surface area contributed by atoms with Crippen LogP contribution >= 0.6 is 11.6 Å². The van der Waals surface area contributed by atoms with Crippen molar-refractivity contribution in [2.24, 2.45) is 0 Å². The van der Waals surface area contributed by atoms with Gasteiger partial charge in [-0.05, 0) is 48.4 Å². The lowest BCUT2D eigenvalue weighted by Crippen LogP contribution is -2.37. The first-order valence-corrected chi connectivity index (χ1v) is 8.53. The summed E-state index contributed by atoms with van der Waals surface area (Å²) in [5, 5.41) is 11.8. The highest BCUT2D eigenvalue weighted by molar-refractivity contribution is 6.30. The van der Waals surface area contributed by atoms with Crippen LogP contribution in [-0.2, 0) is 16.2 Å². The van der Waals surface area contributed by atoms with Crippen LogP contribution in [0.5, 0.6) is 11.5 Å². The lowest BCUT2D eigenvalue weighted by Gasteiger charge is -2.11. The van der Waals surface area contributed by atoms with Crippen molar-refractivity contribution < 1.29 is 24.2 Å². The average Bonchev–Trinajstić information content (AvgIpc) is 2.66. The number of rotatable bonds is 8. The summed E-state index contributed by atoms with van der Waals surface area (Å²) in [5.41, 5.74) is 1.68. The molecule has 0 fully saturated rings. The monoisotopic (exact) mass is 389 g/mol. The lowest BCUT2D eigenvalue weighted by atomic mass is 10.2. The van der Waals surface area contributed by atoms with Crippen molar-refractivity contribution in [2.75, 3.05) is 7.11 Å². The Labute approximate surface area is 162 Å². The Bertz CT molecular complexity index is 833. The fourth-order valence-corrected chi connectivity index (χ4v) is 2.27. The second kappa shape index (κ2) is 9.64. The van der Waals surface area contributed by atoms with Crippen LogP contribution in [0.25, 0.3) is 6.08 Å². The van der Waals surface area contributed by atoms with Gasteiger partial charge in [-0.2, -0.15) is 0 Å². The van der Waals surface area contributed by atoms with Gasteiger partial charge in [-0.3, -0.25) is 9.59 Å². The van der Waals surface area contributed by atoms with Crippen molar-refractivity contribution >= 4 is 29.6 Å². The fourth-order valence-electron chi connectivity index (χ4n) is 2.14. The number of methoxy groups -OCH3 is 1. The summed E-state index contributed by atoms with van der Waals surface area (Å²) in [7, 11) is 1.53. The van der Waals surface area contributed by atoms with E-state index >= 15 is 0 Å². The number of carbonyl (C=O) groups is 2. The molecule has 2 aromatic carbocycles. The molecule has 0 aromatic heterocycles. The first-order valence-electron chi connectivity index (χ1n) is 8.15. The Kier molecular flexibility index (Phi) is 7.25. The minimum absolute atomic E-state index is 0.359. The number of carbonyl (C=O) groups excluding carboxylic acids is 1. The average molecular weight is 390 g/mol. The number of aliphatic carboxylic acids is 1. The molecule has 0 saturated heterocycles. The second-order valence-electron chi connectivity index (χ2n) is 5.73. The number of halogens is 1. The maximum Gasteiger partial charge on any atom is 0.325 e. The SMILES string of the molecule is COc1cc(/C=C/C(=O)N[C@H](C)C(=O)O)ccc1OCc1ccc(Cl)cc1. The topological polar surface area (TPSA) is 84.9 Å². The number of carboxylic acids is 1. The molecule has 0 aliphatic rings. The maximum atomic E-state index is 11.7. The van der Waals surface area contributed by atoms with E-state index in [2.05, 4.69) is 5.32 Å². The molecular weight excluding hydrogens is 370 g/mol. The number of nitrogens with one attached hydrogen (secondary N) is 1. The predicted octanol–water partition coefficient (Wildman–Crippen LogP) is 3.53. The van der Waals surface area contributed by atoms with E-state index in [-0.39, 0.29) is 0 Å². The van der Waals surface area contributed by atoms with Gasteiger partial charge in [0.05, 0.1) is 7.11 Å². The molecule has 0 radical (unpaired) electrons. The molecule has 1 amide bonds. The highest BCUT2D eigenvalue weighted by Gasteiger charge is 2.12. The molecule has 0 unspecified atom stereocenters.